The maximum absolute atomic E-state index is 6.24. The third kappa shape index (κ3) is 2.46. The lowest BCUT2D eigenvalue weighted by molar-refractivity contribution is 0.629. The second-order valence-corrected chi connectivity index (χ2v) is 7.20. The summed E-state index contributed by atoms with van der Waals surface area (Å²) in [6.45, 7) is 2.08. The number of aryl methyl sites for hydroxylation is 1. The van der Waals surface area contributed by atoms with Crippen molar-refractivity contribution in [2.45, 2.75) is 6.92 Å². The van der Waals surface area contributed by atoms with Crippen LogP contribution in [0.5, 0.6) is 0 Å². The van der Waals surface area contributed by atoms with E-state index in [4.69, 9.17) is 8.83 Å². The Balaban J connectivity index is 1.66. The van der Waals surface area contributed by atoms with Crippen molar-refractivity contribution in [3.63, 3.8) is 0 Å². The molecule has 0 N–H and O–H groups in total. The highest BCUT2D eigenvalue weighted by Crippen LogP contribution is 2.39. The Morgan fingerprint density at radius 2 is 1.55 bits per heavy atom. The summed E-state index contributed by atoms with van der Waals surface area (Å²) < 4.78 is 12.5. The Kier molecular flexibility index (Phi) is 3.35. The van der Waals surface area contributed by atoms with Crippen molar-refractivity contribution in [3.05, 3.63) is 84.7 Å². The van der Waals surface area contributed by atoms with Crippen LogP contribution in [0.4, 0.5) is 0 Å². The molecule has 0 bridgehead atoms. The summed E-state index contributed by atoms with van der Waals surface area (Å²) in [5.74, 6) is 0.774. The van der Waals surface area contributed by atoms with E-state index in [1.54, 1.807) is 6.33 Å². The molecule has 0 unspecified atom stereocenters. The minimum atomic E-state index is 0.665. The maximum Gasteiger partial charge on any atom is 0.179 e. The maximum atomic E-state index is 6.24. The largest absolute Gasteiger partial charge is 0.455 e. The first-order valence-electron chi connectivity index (χ1n) is 9.50. The van der Waals surface area contributed by atoms with E-state index in [9.17, 15) is 0 Å². The first kappa shape index (κ1) is 16.1. The van der Waals surface area contributed by atoms with E-state index >= 15 is 0 Å². The van der Waals surface area contributed by atoms with Crippen molar-refractivity contribution in [1.29, 1.82) is 0 Å². The Labute approximate surface area is 166 Å². The number of hydrogen-bond acceptors (Lipinski definition) is 4. The fourth-order valence-electron chi connectivity index (χ4n) is 3.94. The van der Waals surface area contributed by atoms with Crippen LogP contribution in [-0.4, -0.2) is 9.97 Å². The van der Waals surface area contributed by atoms with Crippen molar-refractivity contribution in [2.75, 3.05) is 0 Å². The van der Waals surface area contributed by atoms with Gasteiger partial charge < -0.3 is 8.83 Å². The average Bonchev–Trinajstić information content (AvgIpc) is 3.35. The van der Waals surface area contributed by atoms with E-state index in [2.05, 4.69) is 35.1 Å². The molecule has 0 saturated heterocycles. The fraction of sp³-hybridized carbons (Fsp3) is 0.0400. The molecule has 0 saturated carbocycles. The highest BCUT2D eigenvalue weighted by atomic mass is 16.3. The zero-order valence-electron chi connectivity index (χ0n) is 15.7. The molecular formula is C25H16N2O2. The van der Waals surface area contributed by atoms with Crippen LogP contribution in [-0.2, 0) is 0 Å². The van der Waals surface area contributed by atoms with Gasteiger partial charge in [0, 0.05) is 28.0 Å². The second-order valence-electron chi connectivity index (χ2n) is 7.20. The van der Waals surface area contributed by atoms with E-state index in [-0.39, 0.29) is 0 Å². The molecule has 0 aliphatic rings. The predicted molar refractivity (Wildman–Crippen MR) is 115 cm³/mol. The van der Waals surface area contributed by atoms with Crippen molar-refractivity contribution < 1.29 is 8.83 Å². The lowest BCUT2D eigenvalue weighted by Crippen LogP contribution is -1.88. The van der Waals surface area contributed by atoms with Gasteiger partial charge in [0.2, 0.25) is 0 Å². The number of para-hydroxylation sites is 1. The second kappa shape index (κ2) is 6.04. The van der Waals surface area contributed by atoms with Crippen molar-refractivity contribution >= 4 is 33.0 Å². The molecule has 138 valence electrons. The first-order chi connectivity index (χ1) is 14.3. The standard InChI is InChI=1S/C25H16N2O2/c1-15-11-18-17-9-5-6-10-21(17)28-24(18)19(12-15)23-25-20(26-14-27-23)13-22(29-25)16-7-3-2-4-8-16/h2-14H,1H3. The summed E-state index contributed by atoms with van der Waals surface area (Å²) in [6, 6.07) is 24.3. The van der Waals surface area contributed by atoms with Gasteiger partial charge in [0.15, 0.2) is 5.58 Å². The minimum Gasteiger partial charge on any atom is -0.455 e. The van der Waals surface area contributed by atoms with Crippen LogP contribution < -0.4 is 0 Å². The average molecular weight is 376 g/mol. The van der Waals surface area contributed by atoms with Crippen LogP contribution >= 0.6 is 0 Å². The number of nitrogens with zero attached hydrogens (tertiary/aromatic N) is 2. The number of rotatable bonds is 2. The Morgan fingerprint density at radius 3 is 2.45 bits per heavy atom. The normalized spacial score (nSPS) is 11.6. The van der Waals surface area contributed by atoms with Gasteiger partial charge in [-0.25, -0.2) is 9.97 Å². The molecule has 0 spiro atoms. The fourth-order valence-corrected chi connectivity index (χ4v) is 3.94. The molecule has 3 aromatic heterocycles. The summed E-state index contributed by atoms with van der Waals surface area (Å²) >= 11 is 0. The van der Waals surface area contributed by atoms with E-state index in [0.717, 1.165) is 55.6 Å². The van der Waals surface area contributed by atoms with Gasteiger partial charge in [-0.15, -0.1) is 0 Å². The van der Waals surface area contributed by atoms with Crippen LogP contribution in [0, 0.1) is 6.92 Å². The van der Waals surface area contributed by atoms with Gasteiger partial charge >= 0.3 is 0 Å². The molecule has 0 amide bonds. The van der Waals surface area contributed by atoms with E-state index in [1.807, 2.05) is 54.6 Å². The summed E-state index contributed by atoms with van der Waals surface area (Å²) in [7, 11) is 0. The van der Waals surface area contributed by atoms with Crippen molar-refractivity contribution in [3.8, 4) is 22.6 Å². The van der Waals surface area contributed by atoms with Gasteiger partial charge in [0.25, 0.3) is 0 Å². The van der Waals surface area contributed by atoms with Crippen molar-refractivity contribution in [2.24, 2.45) is 0 Å². The summed E-state index contributed by atoms with van der Waals surface area (Å²) in [5, 5.41) is 2.18. The van der Waals surface area contributed by atoms with Gasteiger partial charge in [-0.1, -0.05) is 48.5 Å². The van der Waals surface area contributed by atoms with E-state index in [1.165, 1.54) is 0 Å². The van der Waals surface area contributed by atoms with Gasteiger partial charge in [-0.05, 0) is 30.7 Å². The molecule has 0 aliphatic heterocycles. The molecule has 0 fully saturated rings. The van der Waals surface area contributed by atoms with Gasteiger partial charge in [-0.3, -0.25) is 0 Å². The van der Waals surface area contributed by atoms with E-state index in [0.29, 0.717) is 5.58 Å². The predicted octanol–water partition coefficient (Wildman–Crippen LogP) is 6.76. The molecule has 6 rings (SSSR count). The number of aromatic nitrogens is 2. The summed E-state index contributed by atoms with van der Waals surface area (Å²) in [4.78, 5) is 9.00. The SMILES string of the molecule is Cc1cc(-c2ncnc3cc(-c4ccccc4)oc23)c2oc3ccccc3c2c1. The molecule has 6 aromatic rings. The molecule has 29 heavy (non-hydrogen) atoms. The Hall–Kier alpha value is -3.92. The molecule has 3 heterocycles. The first-order valence-corrected chi connectivity index (χ1v) is 9.50. The zero-order valence-corrected chi connectivity index (χ0v) is 15.7. The molecule has 0 atom stereocenters. The highest BCUT2D eigenvalue weighted by molar-refractivity contribution is 6.11. The smallest absolute Gasteiger partial charge is 0.179 e. The van der Waals surface area contributed by atoms with Crippen LogP contribution in [0.3, 0.4) is 0 Å². The number of fused-ring (bicyclic) bond motifs is 4. The number of furan rings is 2. The third-order valence-electron chi connectivity index (χ3n) is 5.25. The topological polar surface area (TPSA) is 52.1 Å². The molecule has 4 nitrogen and oxygen atoms in total. The summed E-state index contributed by atoms with van der Waals surface area (Å²) in [6.07, 6.45) is 1.58. The minimum absolute atomic E-state index is 0.665. The highest BCUT2D eigenvalue weighted by Gasteiger charge is 2.19. The van der Waals surface area contributed by atoms with Gasteiger partial charge in [0.1, 0.15) is 34.5 Å². The molecular weight excluding hydrogens is 360 g/mol. The summed E-state index contributed by atoms with van der Waals surface area (Å²) in [5.41, 5.74) is 6.93. The third-order valence-corrected chi connectivity index (χ3v) is 5.25. The molecule has 0 aliphatic carbocycles. The number of benzene rings is 3. The van der Waals surface area contributed by atoms with Crippen LogP contribution in [0.2, 0.25) is 0 Å². The Morgan fingerprint density at radius 1 is 0.724 bits per heavy atom. The zero-order chi connectivity index (χ0) is 19.4. The van der Waals surface area contributed by atoms with Crippen molar-refractivity contribution in [1.82, 2.24) is 9.97 Å². The van der Waals surface area contributed by atoms with Gasteiger partial charge in [-0.2, -0.15) is 0 Å². The van der Waals surface area contributed by atoms with Crippen LogP contribution in [0.1, 0.15) is 5.56 Å². The lowest BCUT2D eigenvalue weighted by atomic mass is 10.0. The van der Waals surface area contributed by atoms with Crippen LogP contribution in [0.25, 0.3) is 55.6 Å². The quantitative estimate of drug-likeness (QED) is 0.335. The Bertz CT molecular complexity index is 1510. The monoisotopic (exact) mass is 376 g/mol. The van der Waals surface area contributed by atoms with Crippen LogP contribution in [0.15, 0.2) is 88.0 Å². The lowest BCUT2D eigenvalue weighted by Gasteiger charge is -2.04. The van der Waals surface area contributed by atoms with Gasteiger partial charge in [0.05, 0.1) is 0 Å². The molecule has 4 heteroatoms. The number of hydrogen-bond donors (Lipinski definition) is 0. The molecule has 0 radical (unpaired) electrons. The molecule has 3 aromatic carbocycles. The van der Waals surface area contributed by atoms with E-state index < -0.39 is 0 Å².